The van der Waals surface area contributed by atoms with Gasteiger partial charge in [-0.1, -0.05) is 36.8 Å². The number of alkyl carbamates (subject to hydrolysis) is 1. The average Bonchev–Trinajstić information content (AvgIpc) is 3.17. The molecular formula is C25H31FN2O4. The van der Waals surface area contributed by atoms with Crippen molar-refractivity contribution in [2.45, 2.75) is 58.1 Å². The molecule has 0 saturated heterocycles. The maximum Gasteiger partial charge on any atom is 0.408 e. The van der Waals surface area contributed by atoms with Gasteiger partial charge in [0.2, 0.25) is 5.91 Å². The van der Waals surface area contributed by atoms with Gasteiger partial charge in [-0.3, -0.25) is 4.79 Å². The van der Waals surface area contributed by atoms with Crippen LogP contribution in [0.25, 0.3) is 11.0 Å². The Balaban J connectivity index is 1.28. The van der Waals surface area contributed by atoms with Crippen LogP contribution < -0.4 is 10.6 Å². The van der Waals surface area contributed by atoms with Gasteiger partial charge in [0.1, 0.15) is 22.8 Å². The summed E-state index contributed by atoms with van der Waals surface area (Å²) < 4.78 is 24.5. The number of nitrogens with one attached hydrogen (secondary N) is 2. The second-order valence-corrected chi connectivity index (χ2v) is 8.66. The van der Waals surface area contributed by atoms with Crippen molar-refractivity contribution in [3.63, 3.8) is 0 Å². The Kier molecular flexibility index (Phi) is 8.09. The Morgan fingerprint density at radius 3 is 2.78 bits per heavy atom. The maximum absolute atomic E-state index is 13.2. The monoisotopic (exact) mass is 442 g/mol. The number of amides is 2. The fourth-order valence-electron chi connectivity index (χ4n) is 3.64. The zero-order valence-corrected chi connectivity index (χ0v) is 18.7. The van der Waals surface area contributed by atoms with E-state index in [4.69, 9.17) is 9.15 Å². The molecule has 1 atom stereocenters. The van der Waals surface area contributed by atoms with Gasteiger partial charge in [0, 0.05) is 18.4 Å². The molecule has 7 heteroatoms. The Labute approximate surface area is 187 Å². The van der Waals surface area contributed by atoms with Crippen molar-refractivity contribution >= 4 is 23.0 Å². The van der Waals surface area contributed by atoms with Gasteiger partial charge in [0.05, 0.1) is 12.5 Å². The molecule has 172 valence electrons. The lowest BCUT2D eigenvalue weighted by Gasteiger charge is -2.25. The molecule has 1 aromatic carbocycles. The Bertz CT molecular complexity index is 960. The van der Waals surface area contributed by atoms with Crippen molar-refractivity contribution in [1.29, 1.82) is 0 Å². The van der Waals surface area contributed by atoms with Crippen LogP contribution in [-0.2, 0) is 16.1 Å². The minimum Gasteiger partial charge on any atom is -0.459 e. The smallest absolute Gasteiger partial charge is 0.408 e. The van der Waals surface area contributed by atoms with Gasteiger partial charge in [0.25, 0.3) is 0 Å². The third-order valence-corrected chi connectivity index (χ3v) is 5.38. The summed E-state index contributed by atoms with van der Waals surface area (Å²) in [6, 6.07) is 9.58. The summed E-state index contributed by atoms with van der Waals surface area (Å²) >= 11 is 0. The predicted molar refractivity (Wildman–Crippen MR) is 122 cm³/mol. The first-order valence-corrected chi connectivity index (χ1v) is 11.1. The van der Waals surface area contributed by atoms with Crippen LogP contribution in [-0.4, -0.2) is 24.1 Å². The van der Waals surface area contributed by atoms with Crippen LogP contribution in [0.3, 0.4) is 0 Å². The van der Waals surface area contributed by atoms with Crippen LogP contribution in [0.5, 0.6) is 0 Å². The van der Waals surface area contributed by atoms with Crippen molar-refractivity contribution in [3.05, 3.63) is 60.1 Å². The zero-order valence-electron chi connectivity index (χ0n) is 18.7. The van der Waals surface area contributed by atoms with E-state index in [1.807, 2.05) is 44.2 Å². The standard InChI is InChI=1S/C25H31FN2O4/c1-25(2,13-6-3-7-14-27-23(29)19-10-8-11-20(26)15-19)32-24(30)28-17-21-16-18-9-4-5-12-22(18)31-21/h4-5,8-12,16,19H,3,6-7,13-15,17H2,1-2H3,(H,27,29)(H,28,30). The first kappa shape index (κ1) is 23.6. The molecule has 1 aliphatic rings. The van der Waals surface area contributed by atoms with Crippen molar-refractivity contribution in [3.8, 4) is 0 Å². The summed E-state index contributed by atoms with van der Waals surface area (Å²) in [4.78, 5) is 24.2. The van der Waals surface area contributed by atoms with E-state index < -0.39 is 17.6 Å². The molecule has 32 heavy (non-hydrogen) atoms. The van der Waals surface area contributed by atoms with E-state index in [2.05, 4.69) is 10.6 Å². The third-order valence-electron chi connectivity index (χ3n) is 5.38. The quantitative estimate of drug-likeness (QED) is 0.473. The molecule has 0 aliphatic heterocycles. The average molecular weight is 443 g/mol. The summed E-state index contributed by atoms with van der Waals surface area (Å²) in [5.74, 6) is -0.165. The van der Waals surface area contributed by atoms with E-state index >= 15 is 0 Å². The van der Waals surface area contributed by atoms with Gasteiger partial charge >= 0.3 is 6.09 Å². The Morgan fingerprint density at radius 2 is 2.00 bits per heavy atom. The first-order chi connectivity index (χ1) is 15.3. The molecule has 0 radical (unpaired) electrons. The van der Waals surface area contributed by atoms with E-state index in [9.17, 15) is 14.0 Å². The zero-order chi connectivity index (χ0) is 23.0. The number of benzene rings is 1. The highest BCUT2D eigenvalue weighted by Gasteiger charge is 2.23. The maximum atomic E-state index is 13.2. The van der Waals surface area contributed by atoms with Crippen LogP contribution in [0, 0.1) is 5.92 Å². The van der Waals surface area contributed by atoms with Gasteiger partial charge in [-0.05, 0) is 51.3 Å². The Hall–Kier alpha value is -3.09. The molecule has 2 N–H and O–H groups in total. The number of allylic oxidation sites excluding steroid dienone is 3. The molecule has 6 nitrogen and oxygen atoms in total. The second-order valence-electron chi connectivity index (χ2n) is 8.66. The molecule has 1 aromatic heterocycles. The van der Waals surface area contributed by atoms with Crippen LogP contribution >= 0.6 is 0 Å². The summed E-state index contributed by atoms with van der Waals surface area (Å²) in [5.41, 5.74) is 0.186. The SMILES string of the molecule is CC(C)(CCCCCNC(=O)C1C=CC=C(F)C1)OC(=O)NCc1cc2ccccc2o1. The van der Waals surface area contributed by atoms with Gasteiger partial charge in [-0.15, -0.1) is 0 Å². The predicted octanol–water partition coefficient (Wildman–Crippen LogP) is 5.54. The van der Waals surface area contributed by atoms with Crippen LogP contribution in [0.4, 0.5) is 9.18 Å². The molecule has 0 spiro atoms. The lowest BCUT2D eigenvalue weighted by atomic mass is 9.99. The number of halogens is 1. The van der Waals surface area contributed by atoms with Gasteiger partial charge in [-0.25, -0.2) is 9.18 Å². The Morgan fingerprint density at radius 1 is 1.19 bits per heavy atom. The number of hydrogen-bond donors (Lipinski definition) is 2. The highest BCUT2D eigenvalue weighted by molar-refractivity contribution is 5.81. The number of unbranched alkanes of at least 4 members (excludes halogenated alkanes) is 2. The minimum absolute atomic E-state index is 0.131. The fourth-order valence-corrected chi connectivity index (χ4v) is 3.64. The molecule has 0 bridgehead atoms. The number of hydrogen-bond acceptors (Lipinski definition) is 4. The highest BCUT2D eigenvalue weighted by Crippen LogP contribution is 2.21. The van der Waals surface area contributed by atoms with Crippen molar-refractivity contribution < 1.29 is 23.1 Å². The van der Waals surface area contributed by atoms with Crippen molar-refractivity contribution in [2.75, 3.05) is 6.54 Å². The molecule has 1 aliphatic carbocycles. The number of furan rings is 1. The summed E-state index contributed by atoms with van der Waals surface area (Å²) in [7, 11) is 0. The van der Waals surface area contributed by atoms with Crippen LogP contribution in [0.15, 0.2) is 58.8 Å². The molecule has 2 amide bonds. The highest BCUT2D eigenvalue weighted by atomic mass is 19.1. The molecule has 3 rings (SSSR count). The topological polar surface area (TPSA) is 80.6 Å². The molecule has 1 unspecified atom stereocenters. The molecule has 1 heterocycles. The summed E-state index contributed by atoms with van der Waals surface area (Å²) in [6.07, 6.45) is 7.61. The van der Waals surface area contributed by atoms with Crippen LogP contribution in [0.2, 0.25) is 0 Å². The van der Waals surface area contributed by atoms with Crippen molar-refractivity contribution in [1.82, 2.24) is 10.6 Å². The van der Waals surface area contributed by atoms with Gasteiger partial charge < -0.3 is 19.8 Å². The van der Waals surface area contributed by atoms with Crippen molar-refractivity contribution in [2.24, 2.45) is 5.92 Å². The van der Waals surface area contributed by atoms with Crippen LogP contribution in [0.1, 0.15) is 51.7 Å². The lowest BCUT2D eigenvalue weighted by molar-refractivity contribution is -0.123. The van der Waals surface area contributed by atoms with Gasteiger partial charge in [-0.2, -0.15) is 0 Å². The van der Waals surface area contributed by atoms with E-state index in [0.29, 0.717) is 18.7 Å². The van der Waals surface area contributed by atoms with E-state index in [1.165, 1.54) is 6.08 Å². The number of para-hydroxylation sites is 1. The normalized spacial score (nSPS) is 16.0. The molecule has 0 saturated carbocycles. The van der Waals surface area contributed by atoms with E-state index in [-0.39, 0.29) is 24.7 Å². The van der Waals surface area contributed by atoms with Gasteiger partial charge in [0.15, 0.2) is 0 Å². The number of fused-ring (bicyclic) bond motifs is 1. The lowest BCUT2D eigenvalue weighted by Crippen LogP contribution is -2.34. The number of ether oxygens (including phenoxy) is 1. The fraction of sp³-hybridized carbons (Fsp3) is 0.440. The number of carbonyl (C=O) groups is 2. The summed E-state index contributed by atoms with van der Waals surface area (Å²) in [6.45, 7) is 4.58. The second kappa shape index (κ2) is 11.0. The largest absolute Gasteiger partial charge is 0.459 e. The molecule has 2 aromatic rings. The summed E-state index contributed by atoms with van der Waals surface area (Å²) in [5, 5.41) is 6.59. The molecular weight excluding hydrogens is 411 g/mol. The number of rotatable bonds is 10. The first-order valence-electron chi connectivity index (χ1n) is 11.1. The molecule has 0 fully saturated rings. The van der Waals surface area contributed by atoms with E-state index in [1.54, 1.807) is 12.2 Å². The third kappa shape index (κ3) is 7.25. The van der Waals surface area contributed by atoms with E-state index in [0.717, 1.165) is 30.2 Å². The minimum atomic E-state index is -0.599. The number of carbonyl (C=O) groups excluding carboxylic acids is 2.